The van der Waals surface area contributed by atoms with Crippen molar-refractivity contribution in [3.8, 4) is 0 Å². The van der Waals surface area contributed by atoms with Crippen LogP contribution in [0.1, 0.15) is 32.2 Å². The van der Waals surface area contributed by atoms with Gasteiger partial charge >= 0.3 is 0 Å². The monoisotopic (exact) mass is 224 g/mol. The number of rotatable bonds is 8. The summed E-state index contributed by atoms with van der Waals surface area (Å²) in [5, 5.41) is 14.0. The fourth-order valence-electron chi connectivity index (χ4n) is 1.47. The van der Waals surface area contributed by atoms with Crippen molar-refractivity contribution in [2.45, 2.75) is 33.7 Å². The van der Waals surface area contributed by atoms with Crippen LogP contribution in [0.25, 0.3) is 0 Å². The van der Waals surface area contributed by atoms with E-state index in [1.165, 1.54) is 5.69 Å². The van der Waals surface area contributed by atoms with E-state index >= 15 is 0 Å². The molecule has 3 N–H and O–H groups in total. The number of hydrogen-bond acceptors (Lipinski definition) is 3. The van der Waals surface area contributed by atoms with Gasteiger partial charge in [-0.1, -0.05) is 20.8 Å². The second-order valence-electron chi connectivity index (χ2n) is 4.51. The zero-order chi connectivity index (χ0) is 11.8. The number of nitrogens with one attached hydrogen (secondary N) is 3. The van der Waals surface area contributed by atoms with E-state index in [9.17, 15) is 0 Å². The number of hydrogen-bond donors (Lipinski definition) is 3. The van der Waals surface area contributed by atoms with E-state index in [4.69, 9.17) is 0 Å². The van der Waals surface area contributed by atoms with Gasteiger partial charge in [0.1, 0.15) is 0 Å². The lowest BCUT2D eigenvalue weighted by molar-refractivity contribution is 0.534. The van der Waals surface area contributed by atoms with Crippen molar-refractivity contribution >= 4 is 0 Å². The van der Waals surface area contributed by atoms with Crippen LogP contribution in [0.2, 0.25) is 0 Å². The molecule has 0 radical (unpaired) electrons. The van der Waals surface area contributed by atoms with Crippen LogP contribution in [-0.4, -0.2) is 29.8 Å². The fraction of sp³-hybridized carbons (Fsp3) is 0.750. The van der Waals surface area contributed by atoms with Gasteiger partial charge in [-0.3, -0.25) is 5.10 Å². The number of aryl methyl sites for hydroxylation is 1. The van der Waals surface area contributed by atoms with E-state index in [-0.39, 0.29) is 0 Å². The van der Waals surface area contributed by atoms with Crippen LogP contribution in [0.5, 0.6) is 0 Å². The fourth-order valence-corrected chi connectivity index (χ4v) is 1.47. The molecule has 0 fully saturated rings. The van der Waals surface area contributed by atoms with Gasteiger partial charge in [0.15, 0.2) is 0 Å². The highest BCUT2D eigenvalue weighted by molar-refractivity contribution is 5.07. The molecule has 1 heterocycles. The molecule has 0 aliphatic carbocycles. The molecule has 0 spiro atoms. The van der Waals surface area contributed by atoms with Crippen molar-refractivity contribution in [2.24, 2.45) is 5.92 Å². The molecule has 0 saturated carbocycles. The van der Waals surface area contributed by atoms with E-state index in [0.29, 0.717) is 0 Å². The smallest absolute Gasteiger partial charge is 0.0622 e. The van der Waals surface area contributed by atoms with Crippen molar-refractivity contribution in [3.63, 3.8) is 0 Å². The van der Waals surface area contributed by atoms with Crippen LogP contribution in [-0.2, 0) is 13.0 Å². The molecule has 0 aliphatic heterocycles. The van der Waals surface area contributed by atoms with Crippen molar-refractivity contribution in [2.75, 3.05) is 19.6 Å². The quantitative estimate of drug-likeness (QED) is 0.584. The Morgan fingerprint density at radius 3 is 2.69 bits per heavy atom. The van der Waals surface area contributed by atoms with Gasteiger partial charge in [-0.2, -0.15) is 5.10 Å². The Labute approximate surface area is 98.2 Å². The van der Waals surface area contributed by atoms with Crippen LogP contribution in [0.4, 0.5) is 0 Å². The predicted molar refractivity (Wildman–Crippen MR) is 67.4 cm³/mol. The lowest BCUT2D eigenvalue weighted by atomic mass is 10.2. The molecule has 0 unspecified atom stereocenters. The molecule has 4 heteroatoms. The normalized spacial score (nSPS) is 11.2. The zero-order valence-corrected chi connectivity index (χ0v) is 10.6. The van der Waals surface area contributed by atoms with Gasteiger partial charge in [-0.05, 0) is 24.9 Å². The summed E-state index contributed by atoms with van der Waals surface area (Å²) < 4.78 is 0. The maximum atomic E-state index is 4.19. The van der Waals surface area contributed by atoms with Gasteiger partial charge in [0.2, 0.25) is 0 Å². The van der Waals surface area contributed by atoms with Crippen LogP contribution < -0.4 is 10.6 Å². The van der Waals surface area contributed by atoms with Crippen LogP contribution in [0.3, 0.4) is 0 Å². The average molecular weight is 224 g/mol. The lowest BCUT2D eigenvalue weighted by Gasteiger charge is -2.07. The van der Waals surface area contributed by atoms with E-state index in [1.54, 1.807) is 0 Å². The summed E-state index contributed by atoms with van der Waals surface area (Å²) in [5.74, 6) is 0.722. The summed E-state index contributed by atoms with van der Waals surface area (Å²) in [6.07, 6.45) is 0.993. The first-order valence-electron chi connectivity index (χ1n) is 6.17. The molecule has 0 saturated heterocycles. The molecule has 0 aliphatic rings. The number of aromatic nitrogens is 2. The second-order valence-corrected chi connectivity index (χ2v) is 4.51. The van der Waals surface area contributed by atoms with Crippen LogP contribution in [0.15, 0.2) is 6.07 Å². The van der Waals surface area contributed by atoms with Gasteiger partial charge in [-0.25, -0.2) is 0 Å². The Morgan fingerprint density at radius 1 is 1.31 bits per heavy atom. The summed E-state index contributed by atoms with van der Waals surface area (Å²) in [5.41, 5.74) is 2.30. The van der Waals surface area contributed by atoms with Crippen LogP contribution >= 0.6 is 0 Å². The molecule has 0 atom stereocenters. The third kappa shape index (κ3) is 5.28. The Hall–Kier alpha value is -0.870. The lowest BCUT2D eigenvalue weighted by Crippen LogP contribution is -2.29. The van der Waals surface area contributed by atoms with Crippen LogP contribution in [0, 0.1) is 5.92 Å². The molecule has 1 rings (SSSR count). The Bertz CT molecular complexity index is 280. The summed E-state index contributed by atoms with van der Waals surface area (Å²) in [7, 11) is 0. The maximum Gasteiger partial charge on any atom is 0.0622 e. The summed E-state index contributed by atoms with van der Waals surface area (Å²) in [6, 6.07) is 2.12. The molecule has 16 heavy (non-hydrogen) atoms. The minimum Gasteiger partial charge on any atom is -0.315 e. The van der Waals surface area contributed by atoms with E-state index in [1.807, 2.05) is 0 Å². The molecule has 0 bridgehead atoms. The Balaban J connectivity index is 2.02. The SMILES string of the molecule is CCc1cc(CNCCNCC(C)C)[nH]n1. The third-order valence-corrected chi connectivity index (χ3v) is 2.39. The highest BCUT2D eigenvalue weighted by atomic mass is 15.1. The zero-order valence-electron chi connectivity index (χ0n) is 10.6. The molecule has 1 aromatic rings. The Morgan fingerprint density at radius 2 is 2.06 bits per heavy atom. The first-order chi connectivity index (χ1) is 7.72. The van der Waals surface area contributed by atoms with E-state index in [2.05, 4.69) is 47.7 Å². The van der Waals surface area contributed by atoms with Gasteiger partial charge < -0.3 is 10.6 Å². The number of nitrogens with zero attached hydrogens (tertiary/aromatic N) is 1. The third-order valence-electron chi connectivity index (χ3n) is 2.39. The van der Waals surface area contributed by atoms with Gasteiger partial charge in [0.25, 0.3) is 0 Å². The molecule has 0 amide bonds. The average Bonchev–Trinajstić information content (AvgIpc) is 2.70. The van der Waals surface area contributed by atoms with Crippen molar-refractivity contribution < 1.29 is 0 Å². The first kappa shape index (κ1) is 13.2. The molecule has 1 aromatic heterocycles. The largest absolute Gasteiger partial charge is 0.315 e. The Kier molecular flexibility index (Phi) is 6.11. The topological polar surface area (TPSA) is 52.7 Å². The second kappa shape index (κ2) is 7.41. The van der Waals surface area contributed by atoms with Crippen molar-refractivity contribution in [3.05, 3.63) is 17.5 Å². The molecular formula is C12H24N4. The number of aromatic amines is 1. The van der Waals surface area contributed by atoms with E-state index in [0.717, 1.165) is 44.2 Å². The van der Waals surface area contributed by atoms with Gasteiger partial charge in [0.05, 0.1) is 5.69 Å². The molecule has 4 nitrogen and oxygen atoms in total. The summed E-state index contributed by atoms with van der Waals surface area (Å²) >= 11 is 0. The first-order valence-corrected chi connectivity index (χ1v) is 6.17. The van der Waals surface area contributed by atoms with Crippen molar-refractivity contribution in [1.82, 2.24) is 20.8 Å². The minimum atomic E-state index is 0.722. The maximum absolute atomic E-state index is 4.19. The minimum absolute atomic E-state index is 0.722. The molecule has 92 valence electrons. The summed E-state index contributed by atoms with van der Waals surface area (Å²) in [4.78, 5) is 0. The highest BCUT2D eigenvalue weighted by Crippen LogP contribution is 1.99. The predicted octanol–water partition coefficient (Wildman–Crippen LogP) is 1.31. The number of H-pyrrole nitrogens is 1. The van der Waals surface area contributed by atoms with E-state index < -0.39 is 0 Å². The van der Waals surface area contributed by atoms with Crippen molar-refractivity contribution in [1.29, 1.82) is 0 Å². The summed E-state index contributed by atoms with van der Waals surface area (Å²) in [6.45, 7) is 10.5. The molecule has 0 aromatic carbocycles. The molecular weight excluding hydrogens is 200 g/mol. The highest BCUT2D eigenvalue weighted by Gasteiger charge is 1.98. The van der Waals surface area contributed by atoms with Gasteiger partial charge in [-0.15, -0.1) is 0 Å². The van der Waals surface area contributed by atoms with Gasteiger partial charge in [0, 0.05) is 25.3 Å². The standard InChI is InChI=1S/C12H24N4/c1-4-11-7-12(16-15-11)9-14-6-5-13-8-10(2)3/h7,10,13-14H,4-6,8-9H2,1-3H3,(H,15,16).